The van der Waals surface area contributed by atoms with Gasteiger partial charge in [0.25, 0.3) is 0 Å². The quantitative estimate of drug-likeness (QED) is 0.817. The molecule has 0 unspecified atom stereocenters. The fraction of sp³-hybridized carbons (Fsp3) is 1.00. The number of sulfonamides is 1. The lowest BCUT2D eigenvalue weighted by Crippen LogP contribution is -2.52. The van der Waals surface area contributed by atoms with Crippen LogP contribution in [0, 0.1) is 5.41 Å². The highest BCUT2D eigenvalue weighted by molar-refractivity contribution is 7.88. The first-order chi connectivity index (χ1) is 8.95. The van der Waals surface area contributed by atoms with Gasteiger partial charge in [0.2, 0.25) is 10.0 Å². The summed E-state index contributed by atoms with van der Waals surface area (Å²) in [5, 5.41) is 0. The minimum atomic E-state index is -3.02. The Kier molecular flexibility index (Phi) is 4.87. The summed E-state index contributed by atoms with van der Waals surface area (Å²) in [6, 6.07) is 0. The van der Waals surface area contributed by atoms with Crippen molar-refractivity contribution in [1.29, 1.82) is 0 Å². The Balaban J connectivity index is 1.88. The Morgan fingerprint density at radius 2 is 1.63 bits per heavy atom. The van der Waals surface area contributed by atoms with Crippen molar-refractivity contribution in [2.24, 2.45) is 11.1 Å². The zero-order valence-electron chi connectivity index (χ0n) is 12.0. The zero-order chi connectivity index (χ0) is 13.9. The summed E-state index contributed by atoms with van der Waals surface area (Å²) in [7, 11) is -3.02. The summed E-state index contributed by atoms with van der Waals surface area (Å²) in [6.45, 7) is 4.74. The van der Waals surface area contributed by atoms with Gasteiger partial charge in [0.05, 0.1) is 6.26 Å². The van der Waals surface area contributed by atoms with Gasteiger partial charge >= 0.3 is 0 Å². The predicted octanol–water partition coefficient (Wildman–Crippen LogP) is 0.473. The smallest absolute Gasteiger partial charge is 0.211 e. The molecule has 1 saturated carbocycles. The van der Waals surface area contributed by atoms with Crippen LogP contribution in [0.5, 0.6) is 0 Å². The van der Waals surface area contributed by atoms with Crippen LogP contribution in [0.15, 0.2) is 0 Å². The van der Waals surface area contributed by atoms with Crippen molar-refractivity contribution in [3.8, 4) is 0 Å². The number of nitrogens with zero attached hydrogens (tertiary/aromatic N) is 2. The lowest BCUT2D eigenvalue weighted by molar-refractivity contribution is 0.0876. The van der Waals surface area contributed by atoms with Gasteiger partial charge in [-0.05, 0) is 24.8 Å². The first-order valence-corrected chi connectivity index (χ1v) is 9.18. The van der Waals surface area contributed by atoms with E-state index in [2.05, 4.69) is 4.90 Å². The molecule has 1 aliphatic carbocycles. The summed E-state index contributed by atoms with van der Waals surface area (Å²) in [6.07, 6.45) is 7.68. The molecule has 0 radical (unpaired) electrons. The molecule has 19 heavy (non-hydrogen) atoms. The molecule has 5 nitrogen and oxygen atoms in total. The fourth-order valence-corrected chi connectivity index (χ4v) is 4.25. The average Bonchev–Trinajstić information content (AvgIpc) is 2.39. The Hall–Kier alpha value is -0.170. The topological polar surface area (TPSA) is 66.6 Å². The molecule has 0 aromatic rings. The first kappa shape index (κ1) is 15.2. The van der Waals surface area contributed by atoms with Crippen LogP contribution < -0.4 is 5.73 Å². The normalized spacial score (nSPS) is 26.4. The molecule has 0 spiro atoms. The van der Waals surface area contributed by atoms with Crippen LogP contribution in [0.1, 0.15) is 32.1 Å². The number of hydrogen-bond acceptors (Lipinski definition) is 4. The molecule has 1 heterocycles. The van der Waals surface area contributed by atoms with Gasteiger partial charge in [-0.1, -0.05) is 19.3 Å². The summed E-state index contributed by atoms with van der Waals surface area (Å²) in [5.74, 6) is 0. The third kappa shape index (κ3) is 3.90. The maximum atomic E-state index is 11.5. The van der Waals surface area contributed by atoms with Gasteiger partial charge in [0.1, 0.15) is 0 Å². The summed E-state index contributed by atoms with van der Waals surface area (Å²) in [4.78, 5) is 2.40. The maximum Gasteiger partial charge on any atom is 0.211 e. The minimum absolute atomic E-state index is 0.283. The summed E-state index contributed by atoms with van der Waals surface area (Å²) in [5.41, 5.74) is 6.30. The fourth-order valence-electron chi connectivity index (χ4n) is 3.42. The Labute approximate surface area is 117 Å². The third-order valence-corrected chi connectivity index (χ3v) is 6.01. The van der Waals surface area contributed by atoms with Crippen LogP contribution in [-0.2, 0) is 10.0 Å². The second-order valence-electron chi connectivity index (χ2n) is 6.20. The molecule has 0 bridgehead atoms. The first-order valence-electron chi connectivity index (χ1n) is 7.33. The molecule has 2 rings (SSSR count). The lowest BCUT2D eigenvalue weighted by atomic mass is 9.73. The van der Waals surface area contributed by atoms with E-state index in [0.717, 1.165) is 26.2 Å². The molecule has 112 valence electrons. The van der Waals surface area contributed by atoms with E-state index in [4.69, 9.17) is 5.73 Å². The largest absolute Gasteiger partial charge is 0.330 e. The molecule has 2 N–H and O–H groups in total. The molecule has 6 heteroatoms. The monoisotopic (exact) mass is 289 g/mol. The highest BCUT2D eigenvalue weighted by atomic mass is 32.2. The van der Waals surface area contributed by atoms with E-state index in [0.29, 0.717) is 13.1 Å². The van der Waals surface area contributed by atoms with Crippen molar-refractivity contribution in [3.05, 3.63) is 0 Å². The number of piperazine rings is 1. The van der Waals surface area contributed by atoms with Crippen molar-refractivity contribution in [2.75, 3.05) is 45.5 Å². The number of nitrogens with two attached hydrogens (primary N) is 1. The van der Waals surface area contributed by atoms with Gasteiger partial charge in [-0.25, -0.2) is 8.42 Å². The van der Waals surface area contributed by atoms with Gasteiger partial charge in [0, 0.05) is 32.7 Å². The van der Waals surface area contributed by atoms with Crippen LogP contribution in [0.2, 0.25) is 0 Å². The van der Waals surface area contributed by atoms with Crippen LogP contribution in [-0.4, -0.2) is 63.1 Å². The van der Waals surface area contributed by atoms with E-state index in [1.165, 1.54) is 38.4 Å². The molecular weight excluding hydrogens is 262 g/mol. The summed E-state index contributed by atoms with van der Waals surface area (Å²) >= 11 is 0. The van der Waals surface area contributed by atoms with E-state index >= 15 is 0 Å². The van der Waals surface area contributed by atoms with Crippen molar-refractivity contribution in [2.45, 2.75) is 32.1 Å². The standard InChI is InChI=1S/C13H27N3O2S/c1-19(17,18)16-9-7-15(8-10-16)12-13(11-14)5-3-2-4-6-13/h2-12,14H2,1H3. The second kappa shape index (κ2) is 6.08. The molecular formula is C13H27N3O2S. The van der Waals surface area contributed by atoms with E-state index in [1.54, 1.807) is 4.31 Å². The van der Waals surface area contributed by atoms with Gasteiger partial charge in [-0.3, -0.25) is 0 Å². The van der Waals surface area contributed by atoms with E-state index in [1.807, 2.05) is 0 Å². The van der Waals surface area contributed by atoms with E-state index in [-0.39, 0.29) is 5.41 Å². The van der Waals surface area contributed by atoms with Gasteiger partial charge < -0.3 is 10.6 Å². The SMILES string of the molecule is CS(=O)(=O)N1CCN(CC2(CN)CCCCC2)CC1. The van der Waals surface area contributed by atoms with Crippen LogP contribution in [0.25, 0.3) is 0 Å². The highest BCUT2D eigenvalue weighted by Crippen LogP contribution is 2.36. The molecule has 1 saturated heterocycles. The van der Waals surface area contributed by atoms with Crippen molar-refractivity contribution in [1.82, 2.24) is 9.21 Å². The summed E-state index contributed by atoms with van der Waals surface area (Å²) < 4.78 is 24.6. The molecule has 0 aromatic carbocycles. The van der Waals surface area contributed by atoms with Crippen molar-refractivity contribution in [3.63, 3.8) is 0 Å². The molecule has 0 amide bonds. The average molecular weight is 289 g/mol. The van der Waals surface area contributed by atoms with Gasteiger partial charge in [-0.2, -0.15) is 4.31 Å². The zero-order valence-corrected chi connectivity index (χ0v) is 12.8. The molecule has 1 aliphatic heterocycles. The highest BCUT2D eigenvalue weighted by Gasteiger charge is 2.34. The lowest BCUT2D eigenvalue weighted by Gasteiger charge is -2.43. The minimum Gasteiger partial charge on any atom is -0.330 e. The van der Waals surface area contributed by atoms with Crippen molar-refractivity contribution < 1.29 is 8.42 Å². The predicted molar refractivity (Wildman–Crippen MR) is 77.4 cm³/mol. The maximum absolute atomic E-state index is 11.5. The van der Waals surface area contributed by atoms with Crippen LogP contribution in [0.4, 0.5) is 0 Å². The number of hydrogen-bond donors (Lipinski definition) is 1. The Morgan fingerprint density at radius 3 is 2.11 bits per heavy atom. The van der Waals surface area contributed by atoms with E-state index < -0.39 is 10.0 Å². The molecule has 0 aromatic heterocycles. The van der Waals surface area contributed by atoms with Crippen LogP contribution >= 0.6 is 0 Å². The Morgan fingerprint density at radius 1 is 1.05 bits per heavy atom. The molecule has 0 atom stereocenters. The van der Waals surface area contributed by atoms with Crippen molar-refractivity contribution >= 4 is 10.0 Å². The van der Waals surface area contributed by atoms with Gasteiger partial charge in [-0.15, -0.1) is 0 Å². The number of rotatable bonds is 4. The molecule has 2 aliphatic rings. The second-order valence-corrected chi connectivity index (χ2v) is 8.19. The third-order valence-electron chi connectivity index (χ3n) is 4.71. The van der Waals surface area contributed by atoms with Gasteiger partial charge in [0.15, 0.2) is 0 Å². The Bertz CT molecular complexity index is 383. The molecule has 2 fully saturated rings. The van der Waals surface area contributed by atoms with E-state index in [9.17, 15) is 8.42 Å². The van der Waals surface area contributed by atoms with Crippen LogP contribution in [0.3, 0.4) is 0 Å².